The smallest absolute Gasteiger partial charge is 0.254 e. The maximum absolute atomic E-state index is 12.9. The van der Waals surface area contributed by atoms with E-state index in [1.165, 1.54) is 40.7 Å². The quantitative estimate of drug-likeness (QED) is 0.749. The van der Waals surface area contributed by atoms with Crippen LogP contribution in [0.5, 0.6) is 0 Å². The van der Waals surface area contributed by atoms with Crippen molar-refractivity contribution >= 4 is 5.91 Å². The molecule has 0 atom stereocenters. The van der Waals surface area contributed by atoms with E-state index < -0.39 is 0 Å². The summed E-state index contributed by atoms with van der Waals surface area (Å²) in [4.78, 5) is 15.0. The van der Waals surface area contributed by atoms with Crippen LogP contribution < -0.4 is 0 Å². The van der Waals surface area contributed by atoms with Gasteiger partial charge in [-0.2, -0.15) is 0 Å². The molecule has 0 saturated carbocycles. The fraction of sp³-hybridized carbons (Fsp3) is 0.611. The van der Waals surface area contributed by atoms with Crippen LogP contribution in [0.1, 0.15) is 63.9 Å². The minimum absolute atomic E-state index is 0.244. The summed E-state index contributed by atoms with van der Waals surface area (Å²) >= 11 is 0. The first-order valence-corrected chi connectivity index (χ1v) is 7.81. The Morgan fingerprint density at radius 1 is 0.700 bits per heavy atom. The molecule has 1 aliphatic heterocycles. The second kappa shape index (κ2) is 5.99. The molecule has 0 aliphatic carbocycles. The van der Waals surface area contributed by atoms with Gasteiger partial charge in [-0.1, -0.05) is 12.8 Å². The fourth-order valence-electron chi connectivity index (χ4n) is 3.25. The molecule has 0 unspecified atom stereocenters. The number of benzene rings is 1. The summed E-state index contributed by atoms with van der Waals surface area (Å²) in [5, 5.41) is 0. The van der Waals surface area contributed by atoms with Crippen LogP contribution in [-0.4, -0.2) is 23.9 Å². The Bertz CT molecular complexity index is 494. The Morgan fingerprint density at radius 3 is 1.55 bits per heavy atom. The Labute approximate surface area is 123 Å². The van der Waals surface area contributed by atoms with Crippen molar-refractivity contribution in [2.24, 2.45) is 0 Å². The third-order valence-corrected chi connectivity index (χ3v) is 5.11. The average molecular weight is 273 g/mol. The van der Waals surface area contributed by atoms with Crippen molar-refractivity contribution in [2.75, 3.05) is 13.1 Å². The van der Waals surface area contributed by atoms with E-state index >= 15 is 0 Å². The molecule has 2 rings (SSSR count). The molecule has 1 aliphatic rings. The van der Waals surface area contributed by atoms with E-state index in [2.05, 4.69) is 39.5 Å². The lowest BCUT2D eigenvalue weighted by Gasteiger charge is -2.25. The largest absolute Gasteiger partial charge is 0.339 e. The van der Waals surface area contributed by atoms with Crippen LogP contribution in [0, 0.1) is 34.6 Å². The Kier molecular flexibility index (Phi) is 4.52. The van der Waals surface area contributed by atoms with E-state index in [1.807, 2.05) is 0 Å². The molecular formula is C18H27NO. The molecule has 0 N–H and O–H groups in total. The van der Waals surface area contributed by atoms with Crippen molar-refractivity contribution in [3.63, 3.8) is 0 Å². The topological polar surface area (TPSA) is 20.3 Å². The zero-order valence-corrected chi connectivity index (χ0v) is 13.6. The number of hydrogen-bond donors (Lipinski definition) is 0. The van der Waals surface area contributed by atoms with Crippen molar-refractivity contribution in [2.45, 2.75) is 60.3 Å². The highest BCUT2D eigenvalue weighted by molar-refractivity contribution is 5.98. The third kappa shape index (κ3) is 2.61. The van der Waals surface area contributed by atoms with Crippen LogP contribution in [0.2, 0.25) is 0 Å². The van der Waals surface area contributed by atoms with Crippen LogP contribution in [-0.2, 0) is 0 Å². The van der Waals surface area contributed by atoms with E-state index in [0.717, 1.165) is 31.5 Å². The van der Waals surface area contributed by atoms with Crippen molar-refractivity contribution in [1.82, 2.24) is 4.90 Å². The van der Waals surface area contributed by atoms with Gasteiger partial charge in [-0.05, 0) is 75.3 Å². The second-order valence-corrected chi connectivity index (χ2v) is 6.21. The summed E-state index contributed by atoms with van der Waals surface area (Å²) in [5.74, 6) is 0.244. The first-order valence-electron chi connectivity index (χ1n) is 7.81. The highest BCUT2D eigenvalue weighted by atomic mass is 16.2. The second-order valence-electron chi connectivity index (χ2n) is 6.21. The van der Waals surface area contributed by atoms with Gasteiger partial charge in [-0.3, -0.25) is 4.79 Å². The van der Waals surface area contributed by atoms with Gasteiger partial charge in [0.25, 0.3) is 5.91 Å². The lowest BCUT2D eigenvalue weighted by atomic mass is 9.89. The maximum Gasteiger partial charge on any atom is 0.254 e. The number of amides is 1. The van der Waals surface area contributed by atoms with Gasteiger partial charge in [-0.25, -0.2) is 0 Å². The van der Waals surface area contributed by atoms with Gasteiger partial charge >= 0.3 is 0 Å². The lowest BCUT2D eigenvalue weighted by molar-refractivity contribution is 0.0760. The number of rotatable bonds is 1. The van der Waals surface area contributed by atoms with E-state index in [9.17, 15) is 4.79 Å². The van der Waals surface area contributed by atoms with Crippen molar-refractivity contribution < 1.29 is 4.79 Å². The molecule has 1 aromatic carbocycles. The fourth-order valence-corrected chi connectivity index (χ4v) is 3.25. The van der Waals surface area contributed by atoms with Crippen LogP contribution in [0.15, 0.2) is 0 Å². The molecule has 1 heterocycles. The normalized spacial score (nSPS) is 16.1. The molecule has 2 heteroatoms. The number of carbonyl (C=O) groups is 1. The van der Waals surface area contributed by atoms with Crippen molar-refractivity contribution in [3.05, 3.63) is 33.4 Å². The summed E-state index contributed by atoms with van der Waals surface area (Å²) in [6.45, 7) is 12.5. The van der Waals surface area contributed by atoms with E-state index in [-0.39, 0.29) is 5.91 Å². The van der Waals surface area contributed by atoms with Gasteiger partial charge < -0.3 is 4.90 Å². The zero-order chi connectivity index (χ0) is 14.9. The van der Waals surface area contributed by atoms with Gasteiger partial charge in [-0.15, -0.1) is 0 Å². The number of likely N-dealkylation sites (tertiary alicyclic amines) is 1. The van der Waals surface area contributed by atoms with E-state index in [4.69, 9.17) is 0 Å². The molecule has 1 saturated heterocycles. The van der Waals surface area contributed by atoms with Gasteiger partial charge in [0, 0.05) is 18.7 Å². The molecule has 1 aromatic rings. The maximum atomic E-state index is 12.9. The van der Waals surface area contributed by atoms with Crippen LogP contribution in [0.3, 0.4) is 0 Å². The molecule has 0 spiro atoms. The van der Waals surface area contributed by atoms with E-state index in [0.29, 0.717) is 0 Å². The Balaban J connectivity index is 2.44. The summed E-state index contributed by atoms with van der Waals surface area (Å²) < 4.78 is 0. The standard InChI is InChI=1S/C18H27NO/c1-12-13(2)15(4)17(16(5)14(12)3)18(20)19-10-8-6-7-9-11-19/h6-11H2,1-5H3. The van der Waals surface area contributed by atoms with Crippen molar-refractivity contribution in [1.29, 1.82) is 0 Å². The average Bonchev–Trinajstić information content (AvgIpc) is 2.72. The Hall–Kier alpha value is -1.31. The zero-order valence-electron chi connectivity index (χ0n) is 13.6. The number of nitrogens with zero attached hydrogens (tertiary/aromatic N) is 1. The predicted octanol–water partition coefficient (Wildman–Crippen LogP) is 4.24. The number of carbonyl (C=O) groups excluding carboxylic acids is 1. The molecule has 1 fully saturated rings. The molecule has 0 aromatic heterocycles. The highest BCUT2D eigenvalue weighted by Crippen LogP contribution is 2.27. The highest BCUT2D eigenvalue weighted by Gasteiger charge is 2.23. The monoisotopic (exact) mass is 273 g/mol. The molecule has 0 radical (unpaired) electrons. The van der Waals surface area contributed by atoms with Gasteiger partial charge in [0.15, 0.2) is 0 Å². The number of hydrogen-bond acceptors (Lipinski definition) is 1. The Morgan fingerprint density at radius 2 is 1.10 bits per heavy atom. The molecule has 0 bridgehead atoms. The van der Waals surface area contributed by atoms with Crippen molar-refractivity contribution in [3.8, 4) is 0 Å². The molecule has 1 amide bonds. The first-order chi connectivity index (χ1) is 9.45. The summed E-state index contributed by atoms with van der Waals surface area (Å²) in [5.41, 5.74) is 7.15. The van der Waals surface area contributed by atoms with Gasteiger partial charge in [0.2, 0.25) is 0 Å². The first kappa shape index (κ1) is 15.1. The summed E-state index contributed by atoms with van der Waals surface area (Å²) in [7, 11) is 0. The van der Waals surface area contributed by atoms with Gasteiger partial charge in [0.1, 0.15) is 0 Å². The van der Waals surface area contributed by atoms with E-state index in [1.54, 1.807) is 0 Å². The van der Waals surface area contributed by atoms with Crippen LogP contribution in [0.4, 0.5) is 0 Å². The minimum atomic E-state index is 0.244. The van der Waals surface area contributed by atoms with Gasteiger partial charge in [0.05, 0.1) is 0 Å². The lowest BCUT2D eigenvalue weighted by Crippen LogP contribution is -2.33. The predicted molar refractivity (Wildman–Crippen MR) is 84.5 cm³/mol. The molecule has 2 nitrogen and oxygen atoms in total. The molecule has 20 heavy (non-hydrogen) atoms. The third-order valence-electron chi connectivity index (χ3n) is 5.11. The molecule has 110 valence electrons. The molecular weight excluding hydrogens is 246 g/mol. The summed E-state index contributed by atoms with van der Waals surface area (Å²) in [6.07, 6.45) is 4.81. The minimum Gasteiger partial charge on any atom is -0.339 e. The van der Waals surface area contributed by atoms with Crippen LogP contribution >= 0.6 is 0 Å². The SMILES string of the molecule is Cc1c(C)c(C)c(C(=O)N2CCCCCC2)c(C)c1C. The van der Waals surface area contributed by atoms with Crippen LogP contribution in [0.25, 0.3) is 0 Å². The summed E-state index contributed by atoms with van der Waals surface area (Å²) in [6, 6.07) is 0.